The van der Waals surface area contributed by atoms with Crippen molar-refractivity contribution in [3.8, 4) is 5.75 Å². The summed E-state index contributed by atoms with van der Waals surface area (Å²) in [5.41, 5.74) is 3.33. The minimum absolute atomic E-state index is 0.122. The van der Waals surface area contributed by atoms with Crippen LogP contribution in [-0.2, 0) is 16.2 Å². The summed E-state index contributed by atoms with van der Waals surface area (Å²) in [4.78, 5) is 45.1. The lowest BCUT2D eigenvalue weighted by Crippen LogP contribution is -2.54. The van der Waals surface area contributed by atoms with Gasteiger partial charge in [0.2, 0.25) is 0 Å². The van der Waals surface area contributed by atoms with Gasteiger partial charge >= 0.3 is 11.8 Å². The number of nitrogens with zero attached hydrogens (tertiary/aromatic N) is 4. The van der Waals surface area contributed by atoms with Crippen molar-refractivity contribution in [1.29, 1.82) is 0 Å². The number of piperazine rings is 1. The van der Waals surface area contributed by atoms with E-state index in [1.165, 1.54) is 4.90 Å². The minimum Gasteiger partial charge on any atom is -0.487 e. The Morgan fingerprint density at radius 2 is 1.79 bits per heavy atom. The van der Waals surface area contributed by atoms with Crippen molar-refractivity contribution in [3.63, 3.8) is 0 Å². The van der Waals surface area contributed by atoms with Gasteiger partial charge in [0.05, 0.1) is 5.69 Å². The first-order chi connectivity index (χ1) is 16.5. The zero-order valence-electron chi connectivity index (χ0n) is 19.1. The van der Waals surface area contributed by atoms with Crippen LogP contribution in [0.1, 0.15) is 34.5 Å². The second kappa shape index (κ2) is 9.17. The van der Waals surface area contributed by atoms with Crippen LogP contribution in [0.3, 0.4) is 0 Å². The number of imidazole rings is 1. The molecule has 1 aliphatic carbocycles. The van der Waals surface area contributed by atoms with Crippen LogP contribution in [0.15, 0.2) is 48.8 Å². The molecule has 1 saturated carbocycles. The summed E-state index contributed by atoms with van der Waals surface area (Å²) in [5, 5.41) is 2.72. The molecule has 3 amide bonds. The molecular formula is C25H27N5O4. The van der Waals surface area contributed by atoms with E-state index in [0.717, 1.165) is 29.7 Å². The summed E-state index contributed by atoms with van der Waals surface area (Å²) < 4.78 is 7.86. The van der Waals surface area contributed by atoms with Crippen LogP contribution in [-0.4, -0.2) is 69.1 Å². The van der Waals surface area contributed by atoms with Crippen LogP contribution >= 0.6 is 0 Å². The number of nitrogens with one attached hydrogen (secondary N) is 1. The highest BCUT2D eigenvalue weighted by Gasteiger charge is 2.31. The van der Waals surface area contributed by atoms with Gasteiger partial charge in [-0.2, -0.15) is 0 Å². The van der Waals surface area contributed by atoms with Crippen molar-refractivity contribution in [2.24, 2.45) is 0 Å². The average molecular weight is 462 g/mol. The maximum absolute atomic E-state index is 13.0. The van der Waals surface area contributed by atoms with Crippen molar-refractivity contribution < 1.29 is 19.1 Å². The van der Waals surface area contributed by atoms with Gasteiger partial charge in [-0.1, -0.05) is 12.1 Å². The van der Waals surface area contributed by atoms with Gasteiger partial charge in [0.1, 0.15) is 18.0 Å². The monoisotopic (exact) mass is 461 g/mol. The number of benzene rings is 1. The fraction of sp³-hybridized carbons (Fsp3) is 0.360. The molecular weight excluding hydrogens is 434 g/mol. The SMILES string of the molecule is Cc1ccc2nc(COc3cccc(C(=O)N4CCN(C(=O)C(=O)NC5CC5)CC4)c3)cn2c1. The normalized spacial score (nSPS) is 15.9. The molecule has 0 atom stereocenters. The number of aromatic nitrogens is 2. The van der Waals surface area contributed by atoms with Crippen molar-refractivity contribution >= 4 is 23.4 Å². The van der Waals surface area contributed by atoms with Gasteiger partial charge in [0.25, 0.3) is 5.91 Å². The fourth-order valence-electron chi connectivity index (χ4n) is 4.01. The van der Waals surface area contributed by atoms with Gasteiger partial charge in [0.15, 0.2) is 0 Å². The lowest BCUT2D eigenvalue weighted by atomic mass is 10.1. The minimum atomic E-state index is -0.548. The van der Waals surface area contributed by atoms with Gasteiger partial charge in [0, 0.05) is 50.2 Å². The van der Waals surface area contributed by atoms with E-state index in [0.29, 0.717) is 44.1 Å². The summed E-state index contributed by atoms with van der Waals surface area (Å²) in [6, 6.07) is 11.2. The van der Waals surface area contributed by atoms with Crippen LogP contribution < -0.4 is 10.1 Å². The molecule has 3 aromatic rings. The van der Waals surface area contributed by atoms with E-state index >= 15 is 0 Å². The lowest BCUT2D eigenvalue weighted by Gasteiger charge is -2.34. The molecule has 1 saturated heterocycles. The molecule has 34 heavy (non-hydrogen) atoms. The number of carbonyl (C=O) groups is 3. The maximum Gasteiger partial charge on any atom is 0.312 e. The lowest BCUT2D eigenvalue weighted by molar-refractivity contribution is -0.146. The van der Waals surface area contributed by atoms with Crippen LogP contribution in [0.4, 0.5) is 0 Å². The highest BCUT2D eigenvalue weighted by atomic mass is 16.5. The molecule has 3 heterocycles. The quantitative estimate of drug-likeness (QED) is 0.585. The number of rotatable bonds is 5. The van der Waals surface area contributed by atoms with Gasteiger partial charge in [-0.25, -0.2) is 4.98 Å². The number of pyridine rings is 1. The predicted molar refractivity (Wildman–Crippen MR) is 124 cm³/mol. The predicted octanol–water partition coefficient (Wildman–Crippen LogP) is 1.78. The Labute approximate surface area is 197 Å². The number of carbonyl (C=O) groups excluding carboxylic acids is 3. The van der Waals surface area contributed by atoms with E-state index in [-0.39, 0.29) is 11.9 Å². The maximum atomic E-state index is 13.0. The number of fused-ring (bicyclic) bond motifs is 1. The number of hydrogen-bond acceptors (Lipinski definition) is 5. The molecule has 1 N–H and O–H groups in total. The fourth-order valence-corrected chi connectivity index (χ4v) is 4.01. The summed E-state index contributed by atoms with van der Waals surface area (Å²) in [6.07, 6.45) is 5.81. The van der Waals surface area contributed by atoms with Crippen LogP contribution in [0.2, 0.25) is 0 Å². The van der Waals surface area contributed by atoms with Gasteiger partial charge < -0.3 is 24.3 Å². The van der Waals surface area contributed by atoms with Crippen LogP contribution in [0.5, 0.6) is 5.75 Å². The van der Waals surface area contributed by atoms with Crippen LogP contribution in [0, 0.1) is 6.92 Å². The molecule has 9 nitrogen and oxygen atoms in total. The Hall–Kier alpha value is -3.88. The Bertz CT molecular complexity index is 1240. The highest BCUT2D eigenvalue weighted by molar-refractivity contribution is 6.35. The molecule has 5 rings (SSSR count). The van der Waals surface area contributed by atoms with Crippen molar-refractivity contribution in [2.45, 2.75) is 32.4 Å². The molecule has 9 heteroatoms. The van der Waals surface area contributed by atoms with Crippen molar-refractivity contribution in [2.75, 3.05) is 26.2 Å². The largest absolute Gasteiger partial charge is 0.487 e. The average Bonchev–Trinajstić information content (AvgIpc) is 3.58. The highest BCUT2D eigenvalue weighted by Crippen LogP contribution is 2.19. The zero-order chi connectivity index (χ0) is 23.7. The third kappa shape index (κ3) is 4.88. The molecule has 0 unspecified atom stereocenters. The van der Waals surface area contributed by atoms with Crippen molar-refractivity contribution in [1.82, 2.24) is 24.5 Å². The molecule has 176 valence electrons. The van der Waals surface area contributed by atoms with E-state index in [4.69, 9.17) is 4.74 Å². The molecule has 1 aromatic carbocycles. The first-order valence-electron chi connectivity index (χ1n) is 11.5. The van der Waals surface area contributed by atoms with Crippen LogP contribution in [0.25, 0.3) is 5.65 Å². The van der Waals surface area contributed by atoms with Gasteiger partial charge in [-0.15, -0.1) is 0 Å². The van der Waals surface area contributed by atoms with E-state index in [1.807, 2.05) is 41.9 Å². The molecule has 2 aliphatic rings. The summed E-state index contributed by atoms with van der Waals surface area (Å²) >= 11 is 0. The van der Waals surface area contributed by atoms with E-state index < -0.39 is 11.8 Å². The number of hydrogen-bond donors (Lipinski definition) is 1. The molecule has 1 aliphatic heterocycles. The topological polar surface area (TPSA) is 96.2 Å². The Morgan fingerprint density at radius 3 is 2.56 bits per heavy atom. The molecule has 0 bridgehead atoms. The Balaban J connectivity index is 1.16. The van der Waals surface area contributed by atoms with E-state index in [2.05, 4.69) is 10.3 Å². The number of ether oxygens (including phenoxy) is 1. The molecule has 0 radical (unpaired) electrons. The zero-order valence-corrected chi connectivity index (χ0v) is 19.1. The first-order valence-corrected chi connectivity index (χ1v) is 11.5. The second-order valence-electron chi connectivity index (χ2n) is 8.85. The third-order valence-electron chi connectivity index (χ3n) is 6.08. The molecule has 2 fully saturated rings. The van der Waals surface area contributed by atoms with Gasteiger partial charge in [-0.3, -0.25) is 14.4 Å². The standard InChI is InChI=1S/C25H27N5O4/c1-17-5-8-22-26-20(15-30(22)14-17)16-34-21-4-2-3-18(13-21)24(32)28-9-11-29(12-10-28)25(33)23(31)27-19-6-7-19/h2-5,8,13-15,19H,6-7,9-12,16H2,1H3,(H,27,31). The van der Waals surface area contributed by atoms with E-state index in [1.54, 1.807) is 23.1 Å². The molecule has 0 spiro atoms. The smallest absolute Gasteiger partial charge is 0.312 e. The number of aryl methyl sites for hydroxylation is 1. The van der Waals surface area contributed by atoms with E-state index in [9.17, 15) is 14.4 Å². The number of amides is 3. The summed E-state index contributed by atoms with van der Waals surface area (Å²) in [5.74, 6) is -0.600. The van der Waals surface area contributed by atoms with Gasteiger partial charge in [-0.05, 0) is 49.6 Å². The van der Waals surface area contributed by atoms with Crippen molar-refractivity contribution in [3.05, 3.63) is 65.6 Å². The Morgan fingerprint density at radius 1 is 1.03 bits per heavy atom. The summed E-state index contributed by atoms with van der Waals surface area (Å²) in [6.45, 7) is 3.77. The second-order valence-corrected chi connectivity index (χ2v) is 8.85. The summed E-state index contributed by atoms with van der Waals surface area (Å²) in [7, 11) is 0. The molecule has 2 aromatic heterocycles. The Kier molecular flexibility index (Phi) is 5.91. The third-order valence-corrected chi connectivity index (χ3v) is 6.08. The first kappa shape index (κ1) is 21.9.